The summed E-state index contributed by atoms with van der Waals surface area (Å²) >= 11 is 0. The second-order valence-electron chi connectivity index (χ2n) is 8.29. The summed E-state index contributed by atoms with van der Waals surface area (Å²) in [5.74, 6) is -1.94. The molecule has 0 radical (unpaired) electrons. The van der Waals surface area contributed by atoms with E-state index in [2.05, 4.69) is 19.1 Å². The highest BCUT2D eigenvalue weighted by Crippen LogP contribution is 2.34. The Morgan fingerprint density at radius 3 is 2.35 bits per heavy atom. The maximum absolute atomic E-state index is 14.0. The molecule has 0 spiro atoms. The third-order valence-electron chi connectivity index (χ3n) is 6.04. The maximum atomic E-state index is 14.0. The summed E-state index contributed by atoms with van der Waals surface area (Å²) in [6.07, 6.45) is 9.83. The molecule has 1 aliphatic carbocycles. The Morgan fingerprint density at radius 1 is 0.935 bits per heavy atom. The van der Waals surface area contributed by atoms with E-state index in [4.69, 9.17) is 14.7 Å². The van der Waals surface area contributed by atoms with Gasteiger partial charge in [0.2, 0.25) is 5.82 Å². The van der Waals surface area contributed by atoms with Crippen LogP contribution < -0.4 is 4.74 Å². The van der Waals surface area contributed by atoms with Crippen LogP contribution in [-0.4, -0.2) is 12.7 Å². The highest BCUT2D eigenvalue weighted by molar-refractivity contribution is 5.38. The predicted octanol–water partition coefficient (Wildman–Crippen LogP) is 7.04. The fraction of sp³-hybridized carbons (Fsp3) is 0.500. The molecule has 5 heteroatoms. The van der Waals surface area contributed by atoms with Gasteiger partial charge in [-0.15, -0.1) is 0 Å². The minimum Gasteiger partial charge on any atom is -0.486 e. The van der Waals surface area contributed by atoms with Gasteiger partial charge in [-0.05, 0) is 61.3 Å². The monoisotopic (exact) mass is 427 g/mol. The van der Waals surface area contributed by atoms with Crippen LogP contribution in [0, 0.1) is 23.0 Å². The second kappa shape index (κ2) is 11.8. The molecule has 0 bridgehead atoms. The quantitative estimate of drug-likeness (QED) is 0.382. The molecule has 1 aliphatic rings. The first-order valence-electron chi connectivity index (χ1n) is 11.3. The smallest absolute Gasteiger partial charge is 0.202 e. The van der Waals surface area contributed by atoms with E-state index in [0.717, 1.165) is 44.3 Å². The lowest BCUT2D eigenvalue weighted by atomic mass is 9.82. The lowest BCUT2D eigenvalue weighted by Gasteiger charge is -2.29. The summed E-state index contributed by atoms with van der Waals surface area (Å²) in [4.78, 5) is 0. The summed E-state index contributed by atoms with van der Waals surface area (Å²) in [5.41, 5.74) is 1.86. The van der Waals surface area contributed by atoms with Crippen LogP contribution in [0.25, 0.3) is 0 Å². The molecule has 166 valence electrons. The third-order valence-corrected chi connectivity index (χ3v) is 6.04. The van der Waals surface area contributed by atoms with Crippen molar-refractivity contribution in [2.75, 3.05) is 6.61 Å². The first kappa shape index (κ1) is 23.2. The van der Waals surface area contributed by atoms with Crippen LogP contribution in [0.2, 0.25) is 0 Å². The van der Waals surface area contributed by atoms with Gasteiger partial charge in [0, 0.05) is 6.61 Å². The molecular weight excluding hydrogens is 396 g/mol. The first-order chi connectivity index (χ1) is 15.1. The third kappa shape index (κ3) is 6.51. The van der Waals surface area contributed by atoms with E-state index >= 15 is 0 Å². The fourth-order valence-corrected chi connectivity index (χ4v) is 4.12. The standard InChI is InChI=1S/C26H31F2NO2/c1-2-3-4-5-16-30-23-13-10-21(11-14-23)20-8-6-19(7-9-20)18-31-24-15-12-22(17-29)25(27)26(24)28/h6-9,12,15,21,23H,2-5,10-11,13-14,16,18H2,1H3. The Bertz CT molecular complexity index is 868. The number of halogens is 2. The first-order valence-corrected chi connectivity index (χ1v) is 11.3. The average Bonchev–Trinajstić information content (AvgIpc) is 2.81. The summed E-state index contributed by atoms with van der Waals surface area (Å²) in [6.45, 7) is 3.24. The van der Waals surface area contributed by atoms with Gasteiger partial charge in [-0.3, -0.25) is 0 Å². The van der Waals surface area contributed by atoms with Gasteiger partial charge in [0.15, 0.2) is 11.6 Å². The molecule has 3 rings (SSSR count). The number of hydrogen-bond acceptors (Lipinski definition) is 3. The van der Waals surface area contributed by atoms with E-state index in [0.29, 0.717) is 12.0 Å². The van der Waals surface area contributed by atoms with Crippen molar-refractivity contribution < 1.29 is 18.3 Å². The van der Waals surface area contributed by atoms with E-state index in [-0.39, 0.29) is 17.9 Å². The van der Waals surface area contributed by atoms with Crippen LogP contribution in [0.5, 0.6) is 5.75 Å². The predicted molar refractivity (Wildman–Crippen MR) is 117 cm³/mol. The van der Waals surface area contributed by atoms with Crippen molar-refractivity contribution in [3.8, 4) is 11.8 Å². The molecule has 0 heterocycles. The van der Waals surface area contributed by atoms with Crippen LogP contribution in [-0.2, 0) is 11.3 Å². The fourth-order valence-electron chi connectivity index (χ4n) is 4.12. The van der Waals surface area contributed by atoms with Crippen molar-refractivity contribution in [1.82, 2.24) is 0 Å². The lowest BCUT2D eigenvalue weighted by Crippen LogP contribution is -2.21. The molecule has 0 N–H and O–H groups in total. The van der Waals surface area contributed by atoms with Gasteiger partial charge in [0.05, 0.1) is 11.7 Å². The van der Waals surface area contributed by atoms with Gasteiger partial charge >= 0.3 is 0 Å². The van der Waals surface area contributed by atoms with Crippen LogP contribution in [0.15, 0.2) is 36.4 Å². The highest BCUT2D eigenvalue weighted by Gasteiger charge is 2.22. The second-order valence-corrected chi connectivity index (χ2v) is 8.29. The number of benzene rings is 2. The molecule has 0 aliphatic heterocycles. The Balaban J connectivity index is 1.45. The molecule has 1 fully saturated rings. The van der Waals surface area contributed by atoms with E-state index < -0.39 is 11.6 Å². The SMILES string of the molecule is CCCCCCOC1CCC(c2ccc(COc3ccc(C#N)c(F)c3F)cc2)CC1. The molecule has 1 saturated carbocycles. The van der Waals surface area contributed by atoms with Crippen molar-refractivity contribution in [2.24, 2.45) is 0 Å². The Labute approximate surface area is 184 Å². The Kier molecular flexibility index (Phi) is 8.85. The van der Waals surface area contributed by atoms with Gasteiger partial charge in [-0.25, -0.2) is 4.39 Å². The molecule has 2 aromatic carbocycles. The minimum atomic E-state index is -1.17. The van der Waals surface area contributed by atoms with Gasteiger partial charge < -0.3 is 9.47 Å². The number of hydrogen-bond donors (Lipinski definition) is 0. The molecule has 3 nitrogen and oxygen atoms in total. The van der Waals surface area contributed by atoms with Crippen molar-refractivity contribution in [2.45, 2.75) is 76.9 Å². The topological polar surface area (TPSA) is 42.2 Å². The van der Waals surface area contributed by atoms with E-state index in [1.165, 1.54) is 37.0 Å². The van der Waals surface area contributed by atoms with E-state index in [9.17, 15) is 8.78 Å². The van der Waals surface area contributed by atoms with E-state index in [1.54, 1.807) is 6.07 Å². The maximum Gasteiger partial charge on any atom is 0.202 e. The van der Waals surface area contributed by atoms with Gasteiger partial charge in [0.25, 0.3) is 0 Å². The number of nitrogens with zero attached hydrogens (tertiary/aromatic N) is 1. The van der Waals surface area contributed by atoms with Crippen molar-refractivity contribution >= 4 is 0 Å². The zero-order chi connectivity index (χ0) is 22.1. The summed E-state index contributed by atoms with van der Waals surface area (Å²) < 4.78 is 39.1. The average molecular weight is 428 g/mol. The van der Waals surface area contributed by atoms with Crippen LogP contribution in [0.3, 0.4) is 0 Å². The highest BCUT2D eigenvalue weighted by atomic mass is 19.2. The van der Waals surface area contributed by atoms with Crippen LogP contribution in [0.4, 0.5) is 8.78 Å². The number of rotatable bonds is 10. The zero-order valence-corrected chi connectivity index (χ0v) is 18.2. The molecule has 0 unspecified atom stereocenters. The number of nitriles is 1. The van der Waals surface area contributed by atoms with Gasteiger partial charge in [0.1, 0.15) is 12.7 Å². The minimum absolute atomic E-state index is 0.140. The Hall–Kier alpha value is -2.45. The van der Waals surface area contributed by atoms with Crippen molar-refractivity contribution in [3.05, 3.63) is 64.7 Å². The lowest BCUT2D eigenvalue weighted by molar-refractivity contribution is 0.0226. The largest absolute Gasteiger partial charge is 0.486 e. The molecule has 0 saturated heterocycles. The Morgan fingerprint density at radius 2 is 1.68 bits per heavy atom. The van der Waals surface area contributed by atoms with Crippen LogP contribution >= 0.6 is 0 Å². The van der Waals surface area contributed by atoms with Gasteiger partial charge in [-0.1, -0.05) is 50.5 Å². The molecular formula is C26H31F2NO2. The summed E-state index contributed by atoms with van der Waals surface area (Å²) in [6, 6.07) is 12.3. The normalized spacial score (nSPS) is 18.5. The number of unbranched alkanes of at least 4 members (excludes halogenated alkanes) is 3. The van der Waals surface area contributed by atoms with Crippen LogP contribution in [0.1, 0.15) is 80.9 Å². The van der Waals surface area contributed by atoms with Crippen molar-refractivity contribution in [1.29, 1.82) is 5.26 Å². The molecule has 2 aromatic rings. The van der Waals surface area contributed by atoms with E-state index in [1.807, 2.05) is 12.1 Å². The zero-order valence-electron chi connectivity index (χ0n) is 18.2. The number of ether oxygens (including phenoxy) is 2. The molecule has 31 heavy (non-hydrogen) atoms. The summed E-state index contributed by atoms with van der Waals surface area (Å²) in [7, 11) is 0. The molecule has 0 atom stereocenters. The molecule has 0 aromatic heterocycles. The summed E-state index contributed by atoms with van der Waals surface area (Å²) in [5, 5.41) is 8.75. The molecule has 0 amide bonds. The van der Waals surface area contributed by atoms with Crippen molar-refractivity contribution in [3.63, 3.8) is 0 Å². The van der Waals surface area contributed by atoms with Gasteiger partial charge in [-0.2, -0.15) is 9.65 Å².